The summed E-state index contributed by atoms with van der Waals surface area (Å²) in [6.45, 7) is 3.38. The largest absolute Gasteiger partial charge is 0.371 e. The van der Waals surface area contributed by atoms with Crippen LogP contribution in [0.3, 0.4) is 0 Å². The zero-order valence-electron chi connectivity index (χ0n) is 9.15. The number of rotatable bonds is 5. The lowest BCUT2D eigenvalue weighted by Crippen LogP contribution is -2.33. The maximum atomic E-state index is 11.7. The normalized spacial score (nSPS) is 25.9. The molecule has 0 radical (unpaired) electrons. The van der Waals surface area contributed by atoms with E-state index in [9.17, 15) is 4.79 Å². The minimum absolute atomic E-state index is 0.131. The van der Waals surface area contributed by atoms with Gasteiger partial charge in [0.1, 0.15) is 6.61 Å². The molecule has 1 saturated carbocycles. The fourth-order valence-corrected chi connectivity index (χ4v) is 1.94. The molecule has 1 atom stereocenters. The second kappa shape index (κ2) is 4.94. The number of amides is 1. The first-order chi connectivity index (χ1) is 7.29. The molecule has 2 fully saturated rings. The first-order valence-corrected chi connectivity index (χ1v) is 5.85. The van der Waals surface area contributed by atoms with Crippen molar-refractivity contribution in [1.82, 2.24) is 4.90 Å². The van der Waals surface area contributed by atoms with Crippen LogP contribution in [0.25, 0.3) is 0 Å². The van der Waals surface area contributed by atoms with Crippen LogP contribution in [0, 0.1) is 11.8 Å². The number of carbonyl (C=O) groups excluding carboxylic acids is 1. The third-order valence-electron chi connectivity index (χ3n) is 3.25. The summed E-state index contributed by atoms with van der Waals surface area (Å²) in [6.07, 6.45) is 3.59. The molecule has 1 aliphatic carbocycles. The van der Waals surface area contributed by atoms with E-state index in [0.717, 1.165) is 32.0 Å². The molecule has 4 heteroatoms. The van der Waals surface area contributed by atoms with Crippen molar-refractivity contribution in [2.24, 2.45) is 17.6 Å². The van der Waals surface area contributed by atoms with Gasteiger partial charge in [-0.2, -0.15) is 0 Å². The molecule has 0 aromatic carbocycles. The van der Waals surface area contributed by atoms with E-state index in [4.69, 9.17) is 10.5 Å². The molecule has 0 aromatic heterocycles. The lowest BCUT2D eigenvalue weighted by Gasteiger charge is -2.16. The van der Waals surface area contributed by atoms with E-state index in [-0.39, 0.29) is 12.5 Å². The Hall–Kier alpha value is -0.610. The number of nitrogens with zero attached hydrogens (tertiary/aromatic N) is 1. The minimum Gasteiger partial charge on any atom is -0.371 e. The Morgan fingerprint density at radius 2 is 2.13 bits per heavy atom. The lowest BCUT2D eigenvalue weighted by atomic mass is 10.1. The SMILES string of the molecule is NCC1CCN(C(=O)COCC2CC2)C1. The van der Waals surface area contributed by atoms with Crippen molar-refractivity contribution >= 4 is 5.91 Å². The van der Waals surface area contributed by atoms with Crippen LogP contribution in [0.4, 0.5) is 0 Å². The Bertz CT molecular complexity index is 229. The fraction of sp³-hybridized carbons (Fsp3) is 0.909. The van der Waals surface area contributed by atoms with Gasteiger partial charge in [0.05, 0.1) is 6.61 Å². The van der Waals surface area contributed by atoms with E-state index >= 15 is 0 Å². The maximum absolute atomic E-state index is 11.7. The first kappa shape index (κ1) is 10.9. The summed E-state index contributed by atoms with van der Waals surface area (Å²) in [4.78, 5) is 13.5. The average Bonchev–Trinajstić information content (AvgIpc) is 2.94. The van der Waals surface area contributed by atoms with Gasteiger partial charge in [0.25, 0.3) is 0 Å². The van der Waals surface area contributed by atoms with E-state index in [2.05, 4.69) is 0 Å². The van der Waals surface area contributed by atoms with Crippen molar-refractivity contribution in [3.8, 4) is 0 Å². The lowest BCUT2D eigenvalue weighted by molar-refractivity contribution is -0.135. The Balaban J connectivity index is 1.62. The number of carbonyl (C=O) groups is 1. The standard InChI is InChI=1S/C11H20N2O2/c12-5-10-3-4-13(6-10)11(14)8-15-7-9-1-2-9/h9-10H,1-8,12H2. The van der Waals surface area contributed by atoms with E-state index in [1.54, 1.807) is 0 Å². The minimum atomic E-state index is 0.131. The smallest absolute Gasteiger partial charge is 0.248 e. The molecule has 4 nitrogen and oxygen atoms in total. The van der Waals surface area contributed by atoms with Crippen molar-refractivity contribution < 1.29 is 9.53 Å². The van der Waals surface area contributed by atoms with Gasteiger partial charge in [-0.3, -0.25) is 4.79 Å². The van der Waals surface area contributed by atoms with Crippen molar-refractivity contribution in [3.63, 3.8) is 0 Å². The Labute approximate surface area is 90.8 Å². The predicted molar refractivity (Wildman–Crippen MR) is 57.3 cm³/mol. The third-order valence-corrected chi connectivity index (χ3v) is 3.25. The molecule has 86 valence electrons. The van der Waals surface area contributed by atoms with E-state index in [1.807, 2.05) is 4.90 Å². The topological polar surface area (TPSA) is 55.6 Å². The first-order valence-electron chi connectivity index (χ1n) is 5.85. The molecule has 2 N–H and O–H groups in total. The van der Waals surface area contributed by atoms with Gasteiger partial charge in [0.15, 0.2) is 0 Å². The zero-order chi connectivity index (χ0) is 10.7. The van der Waals surface area contributed by atoms with Crippen LogP contribution in [0.15, 0.2) is 0 Å². The van der Waals surface area contributed by atoms with Crippen LogP contribution < -0.4 is 5.73 Å². The molecule has 1 aliphatic heterocycles. The van der Waals surface area contributed by atoms with Gasteiger partial charge < -0.3 is 15.4 Å². The van der Waals surface area contributed by atoms with Crippen molar-refractivity contribution in [3.05, 3.63) is 0 Å². The summed E-state index contributed by atoms with van der Waals surface area (Å²) >= 11 is 0. The highest BCUT2D eigenvalue weighted by atomic mass is 16.5. The number of likely N-dealkylation sites (tertiary alicyclic amines) is 1. The Morgan fingerprint density at radius 1 is 1.33 bits per heavy atom. The molecule has 1 saturated heterocycles. The fourth-order valence-electron chi connectivity index (χ4n) is 1.94. The number of nitrogens with two attached hydrogens (primary N) is 1. The van der Waals surface area contributed by atoms with Crippen LogP contribution in [0.5, 0.6) is 0 Å². The van der Waals surface area contributed by atoms with E-state index in [0.29, 0.717) is 12.5 Å². The van der Waals surface area contributed by atoms with E-state index < -0.39 is 0 Å². The van der Waals surface area contributed by atoms with Crippen LogP contribution in [-0.4, -0.2) is 43.7 Å². The number of hydrogen-bond donors (Lipinski definition) is 1. The van der Waals surface area contributed by atoms with Crippen molar-refractivity contribution in [1.29, 1.82) is 0 Å². The highest BCUT2D eigenvalue weighted by Crippen LogP contribution is 2.28. The average molecular weight is 212 g/mol. The molecule has 0 bridgehead atoms. The maximum Gasteiger partial charge on any atom is 0.248 e. The number of ether oxygens (including phenoxy) is 1. The summed E-state index contributed by atoms with van der Waals surface area (Å²) < 4.78 is 5.38. The predicted octanol–water partition coefficient (Wildman–Crippen LogP) is 0.220. The molecular weight excluding hydrogens is 192 g/mol. The quantitative estimate of drug-likeness (QED) is 0.709. The molecule has 1 heterocycles. The molecule has 2 rings (SSSR count). The Kier molecular flexibility index (Phi) is 3.59. The van der Waals surface area contributed by atoms with Gasteiger partial charge in [-0.25, -0.2) is 0 Å². The summed E-state index contributed by atoms with van der Waals surface area (Å²) in [5, 5.41) is 0. The summed E-state index contributed by atoms with van der Waals surface area (Å²) in [7, 11) is 0. The van der Waals surface area contributed by atoms with Gasteiger partial charge >= 0.3 is 0 Å². The second-order valence-corrected chi connectivity index (χ2v) is 4.69. The van der Waals surface area contributed by atoms with Gasteiger partial charge in [0, 0.05) is 13.1 Å². The van der Waals surface area contributed by atoms with Crippen molar-refractivity contribution in [2.45, 2.75) is 19.3 Å². The van der Waals surface area contributed by atoms with Crippen molar-refractivity contribution in [2.75, 3.05) is 32.8 Å². The van der Waals surface area contributed by atoms with Gasteiger partial charge in [0.2, 0.25) is 5.91 Å². The molecule has 15 heavy (non-hydrogen) atoms. The van der Waals surface area contributed by atoms with Gasteiger partial charge in [-0.05, 0) is 37.6 Å². The van der Waals surface area contributed by atoms with E-state index in [1.165, 1.54) is 12.8 Å². The molecular formula is C11H20N2O2. The molecule has 0 aromatic rings. The van der Waals surface area contributed by atoms with Gasteiger partial charge in [-0.1, -0.05) is 0 Å². The van der Waals surface area contributed by atoms with Crippen LogP contribution in [-0.2, 0) is 9.53 Å². The molecule has 1 unspecified atom stereocenters. The summed E-state index contributed by atoms with van der Waals surface area (Å²) in [5.41, 5.74) is 5.58. The van der Waals surface area contributed by atoms with Crippen LogP contribution >= 0.6 is 0 Å². The van der Waals surface area contributed by atoms with Crippen LogP contribution in [0.2, 0.25) is 0 Å². The highest BCUT2D eigenvalue weighted by Gasteiger charge is 2.26. The highest BCUT2D eigenvalue weighted by molar-refractivity contribution is 5.77. The third kappa shape index (κ3) is 3.18. The summed E-state index contributed by atoms with van der Waals surface area (Å²) in [6, 6.07) is 0. The Morgan fingerprint density at radius 3 is 2.73 bits per heavy atom. The van der Waals surface area contributed by atoms with Crippen LogP contribution in [0.1, 0.15) is 19.3 Å². The molecule has 2 aliphatic rings. The monoisotopic (exact) mass is 212 g/mol. The number of hydrogen-bond acceptors (Lipinski definition) is 3. The second-order valence-electron chi connectivity index (χ2n) is 4.69. The zero-order valence-corrected chi connectivity index (χ0v) is 9.15. The molecule has 1 amide bonds. The van der Waals surface area contributed by atoms with Gasteiger partial charge in [-0.15, -0.1) is 0 Å². The summed E-state index contributed by atoms with van der Waals surface area (Å²) in [5.74, 6) is 1.36. The molecule has 0 spiro atoms.